The number of aryl methyl sites for hydroxylation is 1. The number of aromatic hydroxyl groups is 2. The highest BCUT2D eigenvalue weighted by atomic mass is 16.4. The van der Waals surface area contributed by atoms with Gasteiger partial charge in [0.1, 0.15) is 17.1 Å². The highest BCUT2D eigenvalue weighted by Gasteiger charge is 2.16. The molecule has 0 aromatic heterocycles. The highest BCUT2D eigenvalue weighted by Crippen LogP contribution is 2.28. The van der Waals surface area contributed by atoms with Crippen LogP contribution in [0.15, 0.2) is 36.4 Å². The molecule has 0 saturated carbocycles. The maximum Gasteiger partial charge on any atom is 0.339 e. The standard InChI is InChI=1S/C16H20O4/c1-2-3-4-5-6-7-8-9-12-10-13(17)11-14(18)15(12)16(19)20/h4-7,10-11,17-18H,2-3,8-9H2,1H3,(H,19,20)/b5-4-,7-6-. The predicted octanol–water partition coefficient (Wildman–Crippen LogP) is 3.64. The van der Waals surface area contributed by atoms with Gasteiger partial charge in [-0.15, -0.1) is 0 Å². The summed E-state index contributed by atoms with van der Waals surface area (Å²) in [4.78, 5) is 11.1. The molecule has 20 heavy (non-hydrogen) atoms. The van der Waals surface area contributed by atoms with Crippen molar-refractivity contribution >= 4 is 5.97 Å². The lowest BCUT2D eigenvalue weighted by Gasteiger charge is -2.07. The second kappa shape index (κ2) is 8.04. The first kappa shape index (κ1) is 15.8. The normalized spacial score (nSPS) is 11.4. The van der Waals surface area contributed by atoms with Crippen LogP contribution in [0.1, 0.15) is 42.1 Å². The number of carboxylic acids is 1. The number of phenols is 2. The van der Waals surface area contributed by atoms with Crippen molar-refractivity contribution in [2.24, 2.45) is 0 Å². The summed E-state index contributed by atoms with van der Waals surface area (Å²) in [5.74, 6) is -1.72. The van der Waals surface area contributed by atoms with E-state index in [4.69, 9.17) is 5.11 Å². The summed E-state index contributed by atoms with van der Waals surface area (Å²) >= 11 is 0. The summed E-state index contributed by atoms with van der Waals surface area (Å²) in [7, 11) is 0. The quantitative estimate of drug-likeness (QED) is 0.664. The smallest absolute Gasteiger partial charge is 0.339 e. The molecule has 1 aromatic rings. The number of allylic oxidation sites excluding steroid dienone is 4. The molecular formula is C16H20O4. The van der Waals surface area contributed by atoms with Gasteiger partial charge in [0, 0.05) is 6.07 Å². The summed E-state index contributed by atoms with van der Waals surface area (Å²) in [6.45, 7) is 2.11. The van der Waals surface area contributed by atoms with Crippen molar-refractivity contribution < 1.29 is 20.1 Å². The number of benzene rings is 1. The van der Waals surface area contributed by atoms with E-state index in [0.717, 1.165) is 18.9 Å². The second-order valence-electron chi connectivity index (χ2n) is 4.49. The lowest BCUT2D eigenvalue weighted by Crippen LogP contribution is -2.02. The van der Waals surface area contributed by atoms with Crippen LogP contribution in [0.3, 0.4) is 0 Å². The van der Waals surface area contributed by atoms with E-state index in [1.807, 2.05) is 18.2 Å². The van der Waals surface area contributed by atoms with E-state index < -0.39 is 11.7 Å². The van der Waals surface area contributed by atoms with Crippen LogP contribution in [0.25, 0.3) is 0 Å². The minimum Gasteiger partial charge on any atom is -0.508 e. The number of unbranched alkanes of at least 4 members (excludes halogenated alkanes) is 1. The monoisotopic (exact) mass is 276 g/mol. The van der Waals surface area contributed by atoms with Crippen LogP contribution < -0.4 is 0 Å². The van der Waals surface area contributed by atoms with E-state index in [-0.39, 0.29) is 11.3 Å². The van der Waals surface area contributed by atoms with E-state index in [1.165, 1.54) is 6.07 Å². The number of hydrogen-bond acceptors (Lipinski definition) is 3. The van der Waals surface area contributed by atoms with Crippen molar-refractivity contribution in [1.82, 2.24) is 0 Å². The van der Waals surface area contributed by atoms with E-state index in [9.17, 15) is 15.0 Å². The molecule has 1 rings (SSSR count). The number of phenolic OH excluding ortho intramolecular Hbond substituents is 1. The summed E-state index contributed by atoms with van der Waals surface area (Å²) in [6.07, 6.45) is 11.1. The molecule has 108 valence electrons. The molecule has 1 aromatic carbocycles. The summed E-state index contributed by atoms with van der Waals surface area (Å²) in [5, 5.41) is 28.1. The van der Waals surface area contributed by atoms with Gasteiger partial charge in [0.15, 0.2) is 0 Å². The Bertz CT molecular complexity index is 515. The fraction of sp³-hybridized carbons (Fsp3) is 0.312. The number of hydrogen-bond donors (Lipinski definition) is 3. The Morgan fingerprint density at radius 2 is 1.80 bits per heavy atom. The number of rotatable bonds is 7. The summed E-state index contributed by atoms with van der Waals surface area (Å²) < 4.78 is 0. The van der Waals surface area contributed by atoms with E-state index in [0.29, 0.717) is 18.4 Å². The Hall–Kier alpha value is -2.23. The third-order valence-corrected chi connectivity index (χ3v) is 2.82. The number of carbonyl (C=O) groups is 1. The SMILES string of the molecule is CCC/C=C\C=C/CCc1cc(O)cc(O)c1C(=O)O. The van der Waals surface area contributed by atoms with Gasteiger partial charge in [0.25, 0.3) is 0 Å². The van der Waals surface area contributed by atoms with Gasteiger partial charge in [-0.05, 0) is 30.9 Å². The van der Waals surface area contributed by atoms with Crippen molar-refractivity contribution in [3.8, 4) is 11.5 Å². The van der Waals surface area contributed by atoms with Crippen molar-refractivity contribution in [3.05, 3.63) is 47.6 Å². The third kappa shape index (κ3) is 4.80. The average molecular weight is 276 g/mol. The lowest BCUT2D eigenvalue weighted by atomic mass is 10.0. The zero-order valence-corrected chi connectivity index (χ0v) is 11.5. The topological polar surface area (TPSA) is 77.8 Å². The van der Waals surface area contributed by atoms with Gasteiger partial charge in [0.05, 0.1) is 0 Å². The first-order chi connectivity index (χ1) is 9.56. The van der Waals surface area contributed by atoms with Crippen molar-refractivity contribution in [2.75, 3.05) is 0 Å². The van der Waals surface area contributed by atoms with Gasteiger partial charge < -0.3 is 15.3 Å². The zero-order chi connectivity index (χ0) is 15.0. The molecule has 0 atom stereocenters. The van der Waals surface area contributed by atoms with E-state index in [1.54, 1.807) is 0 Å². The lowest BCUT2D eigenvalue weighted by molar-refractivity contribution is 0.0692. The maximum atomic E-state index is 11.1. The van der Waals surface area contributed by atoms with Gasteiger partial charge in [-0.25, -0.2) is 4.79 Å². The van der Waals surface area contributed by atoms with Gasteiger partial charge in [-0.1, -0.05) is 37.6 Å². The molecule has 4 heteroatoms. The van der Waals surface area contributed by atoms with Crippen molar-refractivity contribution in [2.45, 2.75) is 32.6 Å². The Kier molecular flexibility index (Phi) is 6.37. The Balaban J connectivity index is 2.70. The fourth-order valence-electron chi connectivity index (χ4n) is 1.87. The molecule has 0 saturated heterocycles. The first-order valence-electron chi connectivity index (χ1n) is 6.66. The van der Waals surface area contributed by atoms with Gasteiger partial charge in [-0.2, -0.15) is 0 Å². The summed E-state index contributed by atoms with van der Waals surface area (Å²) in [5.41, 5.74) is 0.287. The van der Waals surface area contributed by atoms with Crippen LogP contribution in [0, 0.1) is 0 Å². The van der Waals surface area contributed by atoms with Crippen LogP contribution in [0.5, 0.6) is 11.5 Å². The average Bonchev–Trinajstić information content (AvgIpc) is 2.36. The molecule has 0 heterocycles. The third-order valence-electron chi connectivity index (χ3n) is 2.82. The van der Waals surface area contributed by atoms with Crippen LogP contribution >= 0.6 is 0 Å². The van der Waals surface area contributed by atoms with Gasteiger partial charge in [-0.3, -0.25) is 0 Å². The molecule has 0 bridgehead atoms. The molecule has 0 aliphatic carbocycles. The van der Waals surface area contributed by atoms with Gasteiger partial charge in [0.2, 0.25) is 0 Å². The van der Waals surface area contributed by atoms with Crippen LogP contribution in [-0.2, 0) is 6.42 Å². The van der Waals surface area contributed by atoms with Gasteiger partial charge >= 0.3 is 5.97 Å². The molecule has 0 fully saturated rings. The second-order valence-corrected chi connectivity index (χ2v) is 4.49. The fourth-order valence-corrected chi connectivity index (χ4v) is 1.87. The Labute approximate surface area is 118 Å². The molecule has 0 aliphatic heterocycles. The molecule has 4 nitrogen and oxygen atoms in total. The molecule has 0 unspecified atom stereocenters. The largest absolute Gasteiger partial charge is 0.508 e. The Morgan fingerprint density at radius 3 is 2.40 bits per heavy atom. The first-order valence-corrected chi connectivity index (χ1v) is 6.66. The van der Waals surface area contributed by atoms with Crippen molar-refractivity contribution in [1.29, 1.82) is 0 Å². The molecule has 0 amide bonds. The predicted molar refractivity (Wildman–Crippen MR) is 78.2 cm³/mol. The Morgan fingerprint density at radius 1 is 1.15 bits per heavy atom. The molecular weight excluding hydrogens is 256 g/mol. The number of carboxylic acid groups (broad SMARTS) is 1. The minimum absolute atomic E-state index is 0.130. The minimum atomic E-state index is -1.19. The summed E-state index contributed by atoms with van der Waals surface area (Å²) in [6, 6.07) is 2.42. The molecule has 0 spiro atoms. The van der Waals surface area contributed by atoms with E-state index >= 15 is 0 Å². The van der Waals surface area contributed by atoms with E-state index in [2.05, 4.69) is 13.0 Å². The van der Waals surface area contributed by atoms with Crippen LogP contribution in [0.4, 0.5) is 0 Å². The zero-order valence-electron chi connectivity index (χ0n) is 11.5. The van der Waals surface area contributed by atoms with Crippen molar-refractivity contribution in [3.63, 3.8) is 0 Å². The van der Waals surface area contributed by atoms with Crippen LogP contribution in [0.2, 0.25) is 0 Å². The molecule has 3 N–H and O–H groups in total. The molecule has 0 aliphatic rings. The highest BCUT2D eigenvalue weighted by molar-refractivity contribution is 5.92. The molecule has 0 radical (unpaired) electrons. The maximum absolute atomic E-state index is 11.1. The van der Waals surface area contributed by atoms with Crippen LogP contribution in [-0.4, -0.2) is 21.3 Å². The number of aromatic carboxylic acids is 1.